The van der Waals surface area contributed by atoms with Gasteiger partial charge >= 0.3 is 0 Å². The second-order valence-electron chi connectivity index (χ2n) is 5.88. The van der Waals surface area contributed by atoms with Gasteiger partial charge < -0.3 is 5.32 Å². The monoisotopic (exact) mass is 389 g/mol. The number of hydrogen-bond acceptors (Lipinski definition) is 5. The van der Waals surface area contributed by atoms with E-state index in [-0.39, 0.29) is 10.8 Å². The number of hydrogen-bond donors (Lipinski definition) is 2. The van der Waals surface area contributed by atoms with Gasteiger partial charge in [0.2, 0.25) is 5.91 Å². The molecule has 0 unspecified atom stereocenters. The molecule has 8 heteroatoms. The molecule has 0 fully saturated rings. The van der Waals surface area contributed by atoms with E-state index < -0.39 is 10.0 Å². The molecule has 1 aromatic heterocycles. The number of carbonyl (C=O) groups excluding carboxylic acids is 1. The number of anilines is 2. The standard InChI is InChI=1S/C18H19N3O3S2/c1-3-4-13-5-8-15(9-6-13)26(23,24)21-14-7-10-16-17(11-14)25-18(20-16)19-12(2)22/h5-11,21H,3-4H2,1-2H3,(H,19,20,22). The molecular weight excluding hydrogens is 370 g/mol. The summed E-state index contributed by atoms with van der Waals surface area (Å²) in [5.74, 6) is -0.198. The lowest BCUT2D eigenvalue weighted by molar-refractivity contribution is -0.114. The molecular formula is C18H19N3O3S2. The summed E-state index contributed by atoms with van der Waals surface area (Å²) >= 11 is 1.29. The average molecular weight is 390 g/mol. The highest BCUT2D eigenvalue weighted by atomic mass is 32.2. The molecule has 0 aliphatic rings. The van der Waals surface area contributed by atoms with Crippen LogP contribution < -0.4 is 10.0 Å². The molecule has 1 amide bonds. The Bertz CT molecular complexity index is 1040. The molecule has 0 saturated heterocycles. The Labute approximate surface area is 156 Å². The molecule has 0 spiro atoms. The molecule has 136 valence electrons. The van der Waals surface area contributed by atoms with Gasteiger partial charge in [-0.25, -0.2) is 13.4 Å². The van der Waals surface area contributed by atoms with E-state index in [1.165, 1.54) is 18.3 Å². The van der Waals surface area contributed by atoms with E-state index in [0.29, 0.717) is 16.3 Å². The number of benzene rings is 2. The van der Waals surface area contributed by atoms with Crippen molar-refractivity contribution in [1.29, 1.82) is 0 Å². The number of nitrogens with one attached hydrogen (secondary N) is 2. The van der Waals surface area contributed by atoms with E-state index in [1.807, 2.05) is 12.1 Å². The van der Waals surface area contributed by atoms with Crippen LogP contribution in [0, 0.1) is 0 Å². The van der Waals surface area contributed by atoms with Gasteiger partial charge in [0.25, 0.3) is 10.0 Å². The zero-order chi connectivity index (χ0) is 18.7. The Morgan fingerprint density at radius 2 is 1.88 bits per heavy atom. The fraction of sp³-hybridized carbons (Fsp3) is 0.222. The molecule has 26 heavy (non-hydrogen) atoms. The predicted molar refractivity (Wildman–Crippen MR) is 105 cm³/mol. The number of aryl methyl sites for hydroxylation is 1. The summed E-state index contributed by atoms with van der Waals surface area (Å²) in [6.45, 7) is 3.50. The third kappa shape index (κ3) is 4.20. The number of aromatic nitrogens is 1. The maximum absolute atomic E-state index is 12.6. The smallest absolute Gasteiger partial charge is 0.261 e. The SMILES string of the molecule is CCCc1ccc(S(=O)(=O)Nc2ccc3nc(NC(C)=O)sc3c2)cc1. The van der Waals surface area contributed by atoms with Crippen molar-refractivity contribution in [2.75, 3.05) is 10.0 Å². The first-order chi connectivity index (χ1) is 12.4. The molecule has 0 aliphatic carbocycles. The van der Waals surface area contributed by atoms with Crippen LogP contribution in [0.2, 0.25) is 0 Å². The van der Waals surface area contributed by atoms with Crippen LogP contribution in [0.5, 0.6) is 0 Å². The third-order valence-electron chi connectivity index (χ3n) is 3.70. The van der Waals surface area contributed by atoms with E-state index in [2.05, 4.69) is 21.9 Å². The van der Waals surface area contributed by atoms with Gasteiger partial charge in [-0.3, -0.25) is 9.52 Å². The van der Waals surface area contributed by atoms with Gasteiger partial charge in [0.1, 0.15) is 0 Å². The Morgan fingerprint density at radius 1 is 1.15 bits per heavy atom. The molecule has 2 aromatic carbocycles. The summed E-state index contributed by atoms with van der Waals surface area (Å²) in [7, 11) is -3.66. The Hall–Kier alpha value is -2.45. The Kier molecular flexibility index (Phi) is 5.24. The van der Waals surface area contributed by atoms with Gasteiger partial charge in [-0.1, -0.05) is 36.8 Å². The van der Waals surface area contributed by atoms with Crippen LogP contribution in [-0.2, 0) is 21.2 Å². The Balaban J connectivity index is 1.83. The molecule has 0 bridgehead atoms. The molecule has 0 atom stereocenters. The lowest BCUT2D eigenvalue weighted by atomic mass is 10.1. The summed E-state index contributed by atoms with van der Waals surface area (Å²) in [6.07, 6.45) is 1.94. The lowest BCUT2D eigenvalue weighted by Gasteiger charge is -2.08. The number of rotatable bonds is 6. The highest BCUT2D eigenvalue weighted by Gasteiger charge is 2.15. The van der Waals surface area contributed by atoms with Crippen molar-refractivity contribution in [3.8, 4) is 0 Å². The van der Waals surface area contributed by atoms with E-state index in [9.17, 15) is 13.2 Å². The van der Waals surface area contributed by atoms with E-state index in [4.69, 9.17) is 0 Å². The van der Waals surface area contributed by atoms with Gasteiger partial charge in [0.15, 0.2) is 5.13 Å². The third-order valence-corrected chi connectivity index (χ3v) is 6.03. The molecule has 3 aromatic rings. The largest absolute Gasteiger partial charge is 0.302 e. The summed E-state index contributed by atoms with van der Waals surface area (Å²) in [6, 6.07) is 12.0. The second-order valence-corrected chi connectivity index (χ2v) is 8.60. The first-order valence-electron chi connectivity index (χ1n) is 8.17. The van der Waals surface area contributed by atoms with Gasteiger partial charge in [0.05, 0.1) is 20.8 Å². The summed E-state index contributed by atoms with van der Waals surface area (Å²) in [4.78, 5) is 15.6. The number of nitrogens with zero attached hydrogens (tertiary/aromatic N) is 1. The van der Waals surface area contributed by atoms with E-state index in [1.54, 1.807) is 30.3 Å². The van der Waals surface area contributed by atoms with Crippen LogP contribution in [0.3, 0.4) is 0 Å². The number of fused-ring (bicyclic) bond motifs is 1. The first kappa shape index (κ1) is 18.3. The molecule has 0 aliphatic heterocycles. The normalized spacial score (nSPS) is 11.5. The van der Waals surface area contributed by atoms with Crippen molar-refractivity contribution in [2.24, 2.45) is 0 Å². The fourth-order valence-corrected chi connectivity index (χ4v) is 4.53. The van der Waals surface area contributed by atoms with Crippen LogP contribution in [-0.4, -0.2) is 19.3 Å². The summed E-state index contributed by atoms with van der Waals surface area (Å²) in [5.41, 5.74) is 2.27. The topological polar surface area (TPSA) is 88.2 Å². The minimum Gasteiger partial charge on any atom is -0.302 e. The van der Waals surface area contributed by atoms with E-state index >= 15 is 0 Å². The van der Waals surface area contributed by atoms with Crippen LogP contribution in [0.4, 0.5) is 10.8 Å². The number of thiazole rings is 1. The molecule has 6 nitrogen and oxygen atoms in total. The predicted octanol–water partition coefficient (Wildman–Crippen LogP) is 4.01. The maximum atomic E-state index is 12.6. The quantitative estimate of drug-likeness (QED) is 0.667. The van der Waals surface area contributed by atoms with Gasteiger partial charge in [-0.15, -0.1) is 0 Å². The average Bonchev–Trinajstić information content (AvgIpc) is 2.96. The Morgan fingerprint density at radius 3 is 2.54 bits per heavy atom. The maximum Gasteiger partial charge on any atom is 0.261 e. The van der Waals surface area contributed by atoms with Crippen molar-refractivity contribution >= 4 is 48.3 Å². The lowest BCUT2D eigenvalue weighted by Crippen LogP contribution is -2.12. The molecule has 2 N–H and O–H groups in total. The summed E-state index contributed by atoms with van der Waals surface area (Å²) in [5, 5.41) is 3.12. The minimum atomic E-state index is -3.66. The zero-order valence-corrected chi connectivity index (χ0v) is 16.1. The molecule has 3 rings (SSSR count). The highest BCUT2D eigenvalue weighted by molar-refractivity contribution is 7.92. The van der Waals surface area contributed by atoms with Gasteiger partial charge in [-0.2, -0.15) is 0 Å². The van der Waals surface area contributed by atoms with Crippen LogP contribution in [0.25, 0.3) is 10.2 Å². The number of carbonyl (C=O) groups is 1. The van der Waals surface area contributed by atoms with Gasteiger partial charge in [0, 0.05) is 6.92 Å². The second kappa shape index (κ2) is 7.43. The summed E-state index contributed by atoms with van der Waals surface area (Å²) < 4.78 is 28.5. The molecule has 0 saturated carbocycles. The highest BCUT2D eigenvalue weighted by Crippen LogP contribution is 2.29. The van der Waals surface area contributed by atoms with Crippen molar-refractivity contribution in [1.82, 2.24) is 4.98 Å². The molecule has 0 radical (unpaired) electrons. The zero-order valence-electron chi connectivity index (χ0n) is 14.4. The fourth-order valence-electron chi connectivity index (χ4n) is 2.53. The minimum absolute atomic E-state index is 0.198. The van der Waals surface area contributed by atoms with E-state index in [0.717, 1.165) is 23.1 Å². The van der Waals surface area contributed by atoms with Gasteiger partial charge in [-0.05, 0) is 42.3 Å². The number of amides is 1. The van der Waals surface area contributed by atoms with Crippen molar-refractivity contribution in [3.63, 3.8) is 0 Å². The van der Waals surface area contributed by atoms with Crippen LogP contribution >= 0.6 is 11.3 Å². The first-order valence-corrected chi connectivity index (χ1v) is 10.5. The van der Waals surface area contributed by atoms with Crippen molar-refractivity contribution in [2.45, 2.75) is 31.6 Å². The number of sulfonamides is 1. The van der Waals surface area contributed by atoms with Crippen molar-refractivity contribution in [3.05, 3.63) is 48.0 Å². The van der Waals surface area contributed by atoms with Crippen LogP contribution in [0.1, 0.15) is 25.8 Å². The van der Waals surface area contributed by atoms with Crippen LogP contribution in [0.15, 0.2) is 47.4 Å². The molecule has 1 heterocycles. The van der Waals surface area contributed by atoms with Crippen molar-refractivity contribution < 1.29 is 13.2 Å².